The van der Waals surface area contributed by atoms with E-state index in [0.29, 0.717) is 5.56 Å². The Labute approximate surface area is 108 Å². The second kappa shape index (κ2) is 5.30. The van der Waals surface area contributed by atoms with Crippen LogP contribution >= 0.6 is 0 Å². The molecular weight excluding hydrogens is 255 g/mol. The molecule has 0 N–H and O–H groups in total. The number of benzene rings is 1. The lowest BCUT2D eigenvalue weighted by molar-refractivity contribution is -0.137. The van der Waals surface area contributed by atoms with E-state index in [4.69, 9.17) is 4.74 Å². The highest BCUT2D eigenvalue weighted by Gasteiger charge is 2.31. The van der Waals surface area contributed by atoms with Crippen molar-refractivity contribution in [2.75, 3.05) is 0 Å². The van der Waals surface area contributed by atoms with Crippen molar-refractivity contribution < 1.29 is 17.9 Å². The van der Waals surface area contributed by atoms with Gasteiger partial charge in [0, 0.05) is 11.8 Å². The number of hydrogen-bond donors (Lipinski definition) is 0. The summed E-state index contributed by atoms with van der Waals surface area (Å²) in [7, 11) is 0. The Morgan fingerprint density at radius 2 is 1.84 bits per heavy atom. The standard InChI is InChI=1S/C14H12F3NO/c1-10-7-12(14(15,16)17)8-18-13(10)19-9-11-5-3-2-4-6-11/h2-8H,9H2,1H3. The van der Waals surface area contributed by atoms with E-state index in [0.717, 1.165) is 17.8 Å². The topological polar surface area (TPSA) is 22.1 Å². The third-order valence-electron chi connectivity index (χ3n) is 2.58. The molecule has 5 heteroatoms. The molecule has 0 aliphatic rings. The number of nitrogens with zero attached hydrogens (tertiary/aromatic N) is 1. The minimum absolute atomic E-state index is 0.219. The van der Waals surface area contributed by atoms with E-state index in [9.17, 15) is 13.2 Å². The van der Waals surface area contributed by atoms with Crippen LogP contribution in [-0.2, 0) is 12.8 Å². The van der Waals surface area contributed by atoms with Crippen LogP contribution < -0.4 is 4.74 Å². The molecule has 0 radical (unpaired) electrons. The maximum Gasteiger partial charge on any atom is 0.417 e. The fraction of sp³-hybridized carbons (Fsp3) is 0.214. The quantitative estimate of drug-likeness (QED) is 0.839. The SMILES string of the molecule is Cc1cc(C(F)(F)F)cnc1OCc1ccccc1. The first kappa shape index (κ1) is 13.4. The van der Waals surface area contributed by atoms with Gasteiger partial charge in [0.1, 0.15) is 6.61 Å². The van der Waals surface area contributed by atoms with Crippen LogP contribution in [0.5, 0.6) is 5.88 Å². The lowest BCUT2D eigenvalue weighted by atomic mass is 10.2. The van der Waals surface area contributed by atoms with Gasteiger partial charge in [-0.25, -0.2) is 4.98 Å². The highest BCUT2D eigenvalue weighted by Crippen LogP contribution is 2.30. The van der Waals surface area contributed by atoms with Crippen molar-refractivity contribution in [1.82, 2.24) is 4.98 Å². The molecule has 0 unspecified atom stereocenters. The number of rotatable bonds is 3. The first-order valence-corrected chi connectivity index (χ1v) is 5.67. The van der Waals surface area contributed by atoms with E-state index in [-0.39, 0.29) is 12.5 Å². The molecule has 0 fully saturated rings. The van der Waals surface area contributed by atoms with Crippen molar-refractivity contribution in [1.29, 1.82) is 0 Å². The lowest BCUT2D eigenvalue weighted by Crippen LogP contribution is -2.07. The second-order valence-corrected chi connectivity index (χ2v) is 4.12. The number of aromatic nitrogens is 1. The van der Waals surface area contributed by atoms with Crippen LogP contribution in [0, 0.1) is 6.92 Å². The summed E-state index contributed by atoms with van der Waals surface area (Å²) in [5, 5.41) is 0. The van der Waals surface area contributed by atoms with E-state index in [2.05, 4.69) is 4.98 Å². The lowest BCUT2D eigenvalue weighted by Gasteiger charge is -2.11. The number of hydrogen-bond acceptors (Lipinski definition) is 2. The van der Waals surface area contributed by atoms with Gasteiger partial charge in [-0.1, -0.05) is 30.3 Å². The number of pyridine rings is 1. The van der Waals surface area contributed by atoms with E-state index in [1.807, 2.05) is 30.3 Å². The van der Waals surface area contributed by atoms with Gasteiger partial charge in [0.05, 0.1) is 5.56 Å². The molecule has 19 heavy (non-hydrogen) atoms. The zero-order chi connectivity index (χ0) is 13.9. The number of alkyl halides is 3. The number of aryl methyl sites for hydroxylation is 1. The third-order valence-corrected chi connectivity index (χ3v) is 2.58. The summed E-state index contributed by atoms with van der Waals surface area (Å²) in [4.78, 5) is 3.72. The van der Waals surface area contributed by atoms with Crippen molar-refractivity contribution >= 4 is 0 Å². The average molecular weight is 267 g/mol. The van der Waals surface area contributed by atoms with E-state index in [1.54, 1.807) is 6.92 Å². The minimum atomic E-state index is -4.38. The Morgan fingerprint density at radius 1 is 1.16 bits per heavy atom. The zero-order valence-corrected chi connectivity index (χ0v) is 10.2. The molecule has 100 valence electrons. The predicted molar refractivity (Wildman–Crippen MR) is 64.8 cm³/mol. The summed E-state index contributed by atoms with van der Waals surface area (Å²) in [6.45, 7) is 1.82. The van der Waals surface area contributed by atoms with Gasteiger partial charge < -0.3 is 4.74 Å². The molecule has 0 atom stereocenters. The summed E-state index contributed by atoms with van der Waals surface area (Å²) in [5.41, 5.74) is 0.534. The van der Waals surface area contributed by atoms with Gasteiger partial charge in [0.25, 0.3) is 0 Å². The summed E-state index contributed by atoms with van der Waals surface area (Å²) in [6.07, 6.45) is -3.59. The summed E-state index contributed by atoms with van der Waals surface area (Å²) >= 11 is 0. The number of ether oxygens (including phenoxy) is 1. The van der Waals surface area contributed by atoms with Gasteiger partial charge in [-0.05, 0) is 18.6 Å². The van der Waals surface area contributed by atoms with Crippen molar-refractivity contribution in [3.05, 3.63) is 59.3 Å². The van der Waals surface area contributed by atoms with Crippen molar-refractivity contribution in [3.63, 3.8) is 0 Å². The Hall–Kier alpha value is -2.04. The first-order valence-electron chi connectivity index (χ1n) is 5.67. The fourth-order valence-electron chi connectivity index (χ4n) is 1.59. The molecule has 1 aromatic carbocycles. The first-order chi connectivity index (χ1) is 8.97. The van der Waals surface area contributed by atoms with Crippen LogP contribution in [0.4, 0.5) is 13.2 Å². The van der Waals surface area contributed by atoms with Gasteiger partial charge in [-0.2, -0.15) is 13.2 Å². The van der Waals surface area contributed by atoms with Gasteiger partial charge in [0.2, 0.25) is 5.88 Å². The molecule has 2 aromatic rings. The maximum absolute atomic E-state index is 12.5. The molecule has 0 saturated carbocycles. The minimum Gasteiger partial charge on any atom is -0.473 e. The van der Waals surface area contributed by atoms with Crippen LogP contribution in [0.1, 0.15) is 16.7 Å². The van der Waals surface area contributed by atoms with Crippen LogP contribution in [0.15, 0.2) is 42.6 Å². The molecule has 0 aliphatic heterocycles. The Morgan fingerprint density at radius 3 is 2.42 bits per heavy atom. The maximum atomic E-state index is 12.5. The summed E-state index contributed by atoms with van der Waals surface area (Å²) < 4.78 is 42.8. The molecule has 2 nitrogen and oxygen atoms in total. The summed E-state index contributed by atoms with van der Waals surface area (Å²) in [5.74, 6) is 0.219. The van der Waals surface area contributed by atoms with Gasteiger partial charge in [-0.15, -0.1) is 0 Å². The largest absolute Gasteiger partial charge is 0.473 e. The number of halogens is 3. The molecular formula is C14H12F3NO. The Balaban J connectivity index is 2.10. The van der Waals surface area contributed by atoms with Gasteiger partial charge in [0.15, 0.2) is 0 Å². The van der Waals surface area contributed by atoms with Crippen molar-refractivity contribution in [2.24, 2.45) is 0 Å². The average Bonchev–Trinajstić information content (AvgIpc) is 2.37. The smallest absolute Gasteiger partial charge is 0.417 e. The van der Waals surface area contributed by atoms with Crippen LogP contribution in [0.3, 0.4) is 0 Å². The van der Waals surface area contributed by atoms with E-state index in [1.165, 1.54) is 0 Å². The van der Waals surface area contributed by atoms with Gasteiger partial charge >= 0.3 is 6.18 Å². The predicted octanol–water partition coefficient (Wildman–Crippen LogP) is 3.99. The Kier molecular flexibility index (Phi) is 3.74. The second-order valence-electron chi connectivity index (χ2n) is 4.12. The zero-order valence-electron chi connectivity index (χ0n) is 10.2. The molecule has 2 rings (SSSR count). The highest BCUT2D eigenvalue weighted by molar-refractivity contribution is 5.30. The summed E-state index contributed by atoms with van der Waals surface area (Å²) in [6, 6.07) is 10.4. The van der Waals surface area contributed by atoms with Crippen LogP contribution in [0.2, 0.25) is 0 Å². The van der Waals surface area contributed by atoms with Crippen molar-refractivity contribution in [3.8, 4) is 5.88 Å². The molecule has 0 bridgehead atoms. The van der Waals surface area contributed by atoms with Crippen LogP contribution in [-0.4, -0.2) is 4.98 Å². The molecule has 1 heterocycles. The van der Waals surface area contributed by atoms with Crippen LogP contribution in [0.25, 0.3) is 0 Å². The fourth-order valence-corrected chi connectivity index (χ4v) is 1.59. The third kappa shape index (κ3) is 3.47. The van der Waals surface area contributed by atoms with Gasteiger partial charge in [-0.3, -0.25) is 0 Å². The monoisotopic (exact) mass is 267 g/mol. The molecule has 0 spiro atoms. The van der Waals surface area contributed by atoms with E-state index >= 15 is 0 Å². The molecule has 0 amide bonds. The molecule has 0 aliphatic carbocycles. The molecule has 1 aromatic heterocycles. The normalized spacial score (nSPS) is 11.4. The highest BCUT2D eigenvalue weighted by atomic mass is 19.4. The van der Waals surface area contributed by atoms with E-state index < -0.39 is 11.7 Å². The van der Waals surface area contributed by atoms with Crippen molar-refractivity contribution in [2.45, 2.75) is 19.7 Å². The Bertz CT molecular complexity index is 552. The molecule has 0 saturated heterocycles.